The van der Waals surface area contributed by atoms with Crippen LogP contribution in [0.25, 0.3) is 11.0 Å². The number of ether oxygens (including phenoxy) is 1. The maximum Gasteiger partial charge on any atom is 0.112 e. The maximum atomic E-state index is 5.72. The molecule has 0 fully saturated rings. The number of fused-ring (bicyclic) bond motifs is 3. The van der Waals surface area contributed by atoms with Crippen molar-refractivity contribution < 1.29 is 4.74 Å². The van der Waals surface area contributed by atoms with Crippen LogP contribution in [0.15, 0.2) is 18.2 Å². The lowest BCUT2D eigenvalue weighted by molar-refractivity contribution is 0.104. The molecule has 0 bridgehead atoms. The van der Waals surface area contributed by atoms with Gasteiger partial charge < -0.3 is 15.0 Å². The standard InChI is InChI=1S/C11H13N3O.C2H6/c1-15-8-5-11-13-9-4-7(12)2-3-10(9)14(11)6-8;1-2/h2-4,8H,5-6,12H2,1H3;1-2H3. The molecule has 1 aliphatic rings. The molecule has 0 amide bonds. The maximum absolute atomic E-state index is 5.72. The highest BCUT2D eigenvalue weighted by Gasteiger charge is 2.24. The summed E-state index contributed by atoms with van der Waals surface area (Å²) < 4.78 is 7.55. The number of benzene rings is 1. The van der Waals surface area contributed by atoms with E-state index in [9.17, 15) is 0 Å². The van der Waals surface area contributed by atoms with Crippen LogP contribution in [-0.4, -0.2) is 22.8 Å². The molecule has 2 N–H and O–H groups in total. The van der Waals surface area contributed by atoms with E-state index in [1.165, 1.54) is 0 Å². The molecule has 4 heteroatoms. The van der Waals surface area contributed by atoms with Gasteiger partial charge in [0, 0.05) is 19.2 Å². The molecular weight excluding hydrogens is 214 g/mol. The lowest BCUT2D eigenvalue weighted by atomic mass is 10.2. The molecule has 2 heterocycles. The van der Waals surface area contributed by atoms with Crippen molar-refractivity contribution in [3.05, 3.63) is 24.0 Å². The number of hydrogen-bond acceptors (Lipinski definition) is 3. The van der Waals surface area contributed by atoms with Crippen LogP contribution in [0.1, 0.15) is 19.7 Å². The molecule has 0 spiro atoms. The van der Waals surface area contributed by atoms with E-state index in [1.54, 1.807) is 7.11 Å². The largest absolute Gasteiger partial charge is 0.399 e. The molecular formula is C13H19N3O. The van der Waals surface area contributed by atoms with Crippen molar-refractivity contribution in [1.29, 1.82) is 0 Å². The van der Waals surface area contributed by atoms with Crippen molar-refractivity contribution in [3.63, 3.8) is 0 Å². The lowest BCUT2D eigenvalue weighted by Gasteiger charge is -2.05. The molecule has 3 rings (SSSR count). The van der Waals surface area contributed by atoms with Gasteiger partial charge in [0.05, 0.1) is 23.7 Å². The molecule has 1 aliphatic heterocycles. The molecule has 17 heavy (non-hydrogen) atoms. The fourth-order valence-corrected chi connectivity index (χ4v) is 2.19. The van der Waals surface area contributed by atoms with Crippen LogP contribution >= 0.6 is 0 Å². The molecule has 1 aromatic heterocycles. The summed E-state index contributed by atoms with van der Waals surface area (Å²) in [6, 6.07) is 5.86. The number of imidazole rings is 1. The average Bonchev–Trinajstić information content (AvgIpc) is 2.87. The van der Waals surface area contributed by atoms with E-state index >= 15 is 0 Å². The molecule has 1 unspecified atom stereocenters. The van der Waals surface area contributed by atoms with Crippen molar-refractivity contribution >= 4 is 16.7 Å². The van der Waals surface area contributed by atoms with Crippen molar-refractivity contribution in [1.82, 2.24) is 9.55 Å². The molecule has 4 nitrogen and oxygen atoms in total. The third-order valence-electron chi connectivity index (χ3n) is 2.98. The number of hydrogen-bond donors (Lipinski definition) is 1. The third kappa shape index (κ3) is 2.00. The minimum atomic E-state index is 0.273. The highest BCUT2D eigenvalue weighted by atomic mass is 16.5. The van der Waals surface area contributed by atoms with Gasteiger partial charge in [-0.2, -0.15) is 0 Å². The van der Waals surface area contributed by atoms with Crippen molar-refractivity contribution in [2.45, 2.75) is 32.9 Å². The van der Waals surface area contributed by atoms with Crippen LogP contribution in [0.4, 0.5) is 5.69 Å². The number of nitrogen functional groups attached to an aromatic ring is 1. The van der Waals surface area contributed by atoms with E-state index in [2.05, 4.69) is 9.55 Å². The first-order valence-corrected chi connectivity index (χ1v) is 6.05. The molecule has 1 aromatic carbocycles. The normalized spacial score (nSPS) is 17.7. The SMILES string of the molecule is CC.COC1Cc2nc3cc(N)ccc3n2C1. The lowest BCUT2D eigenvalue weighted by Crippen LogP contribution is -2.11. The van der Waals surface area contributed by atoms with Gasteiger partial charge in [-0.1, -0.05) is 13.8 Å². The molecule has 0 saturated carbocycles. The first-order valence-electron chi connectivity index (χ1n) is 6.05. The van der Waals surface area contributed by atoms with Crippen LogP contribution in [0.5, 0.6) is 0 Å². The second-order valence-corrected chi connectivity index (χ2v) is 3.95. The Labute approximate surface area is 101 Å². The first-order chi connectivity index (χ1) is 8.28. The number of nitrogens with zero attached hydrogens (tertiary/aromatic N) is 2. The van der Waals surface area contributed by atoms with Crippen molar-refractivity contribution in [3.8, 4) is 0 Å². The summed E-state index contributed by atoms with van der Waals surface area (Å²) in [5.74, 6) is 1.10. The summed E-state index contributed by atoms with van der Waals surface area (Å²) in [6.45, 7) is 4.90. The van der Waals surface area contributed by atoms with Crippen molar-refractivity contribution in [2.75, 3.05) is 12.8 Å². The van der Waals surface area contributed by atoms with E-state index in [4.69, 9.17) is 10.5 Å². The summed E-state index contributed by atoms with van der Waals surface area (Å²) in [4.78, 5) is 4.56. The predicted molar refractivity (Wildman–Crippen MR) is 70.0 cm³/mol. The Morgan fingerprint density at radius 1 is 1.41 bits per heavy atom. The zero-order chi connectivity index (χ0) is 12.4. The van der Waals surface area contributed by atoms with Crippen LogP contribution in [0.2, 0.25) is 0 Å². The van der Waals surface area contributed by atoms with Gasteiger partial charge >= 0.3 is 0 Å². The van der Waals surface area contributed by atoms with Gasteiger partial charge in [0.1, 0.15) is 5.82 Å². The molecule has 0 aliphatic carbocycles. The second-order valence-electron chi connectivity index (χ2n) is 3.95. The quantitative estimate of drug-likeness (QED) is 0.768. The molecule has 2 aromatic rings. The number of nitrogens with two attached hydrogens (primary N) is 1. The molecule has 0 saturated heterocycles. The number of rotatable bonds is 1. The second kappa shape index (κ2) is 4.75. The highest BCUT2D eigenvalue weighted by Crippen LogP contribution is 2.25. The summed E-state index contributed by atoms with van der Waals surface area (Å²) in [6.07, 6.45) is 1.17. The predicted octanol–water partition coefficient (Wildman–Crippen LogP) is 2.22. The summed E-state index contributed by atoms with van der Waals surface area (Å²) in [5, 5.41) is 0. The average molecular weight is 233 g/mol. The Hall–Kier alpha value is -1.55. The molecule has 0 radical (unpaired) electrons. The fraction of sp³-hybridized carbons (Fsp3) is 0.462. The van der Waals surface area contributed by atoms with E-state index in [0.29, 0.717) is 0 Å². The smallest absolute Gasteiger partial charge is 0.112 e. The van der Waals surface area contributed by atoms with Crippen LogP contribution in [0, 0.1) is 0 Å². The Bertz CT molecular complexity index is 519. The highest BCUT2D eigenvalue weighted by molar-refractivity contribution is 5.79. The van der Waals surface area contributed by atoms with Crippen LogP contribution in [-0.2, 0) is 17.7 Å². The zero-order valence-electron chi connectivity index (χ0n) is 10.6. The van der Waals surface area contributed by atoms with Gasteiger partial charge in [-0.3, -0.25) is 0 Å². The van der Waals surface area contributed by atoms with E-state index < -0.39 is 0 Å². The Kier molecular flexibility index (Phi) is 3.33. The van der Waals surface area contributed by atoms with E-state index in [-0.39, 0.29) is 6.10 Å². The van der Waals surface area contributed by atoms with Crippen LogP contribution < -0.4 is 5.73 Å². The van der Waals surface area contributed by atoms with E-state index in [0.717, 1.165) is 35.5 Å². The zero-order valence-corrected chi connectivity index (χ0v) is 10.6. The van der Waals surface area contributed by atoms with Gasteiger partial charge in [-0.25, -0.2) is 4.98 Å². The Morgan fingerprint density at radius 2 is 2.18 bits per heavy atom. The minimum absolute atomic E-state index is 0.273. The Balaban J connectivity index is 0.000000514. The Morgan fingerprint density at radius 3 is 2.88 bits per heavy atom. The van der Waals surface area contributed by atoms with Gasteiger partial charge in [0.2, 0.25) is 0 Å². The molecule has 1 atom stereocenters. The third-order valence-corrected chi connectivity index (χ3v) is 2.98. The van der Waals surface area contributed by atoms with E-state index in [1.807, 2.05) is 32.0 Å². The topological polar surface area (TPSA) is 53.1 Å². The van der Waals surface area contributed by atoms with Crippen LogP contribution in [0.3, 0.4) is 0 Å². The summed E-state index contributed by atoms with van der Waals surface area (Å²) >= 11 is 0. The van der Waals surface area contributed by atoms with Gasteiger partial charge in [0.25, 0.3) is 0 Å². The monoisotopic (exact) mass is 233 g/mol. The number of methoxy groups -OCH3 is 1. The first kappa shape index (κ1) is 11.9. The van der Waals surface area contributed by atoms with Crippen molar-refractivity contribution in [2.24, 2.45) is 0 Å². The van der Waals surface area contributed by atoms with Gasteiger partial charge in [-0.15, -0.1) is 0 Å². The molecule has 92 valence electrons. The van der Waals surface area contributed by atoms with Gasteiger partial charge in [-0.05, 0) is 18.2 Å². The number of aromatic nitrogens is 2. The minimum Gasteiger partial charge on any atom is -0.399 e. The van der Waals surface area contributed by atoms with Gasteiger partial charge in [0.15, 0.2) is 0 Å². The summed E-state index contributed by atoms with van der Waals surface area (Å²) in [5.41, 5.74) is 8.63. The summed E-state index contributed by atoms with van der Waals surface area (Å²) in [7, 11) is 1.75. The fourth-order valence-electron chi connectivity index (χ4n) is 2.19. The number of anilines is 1.